The first kappa shape index (κ1) is 26.3. The molecule has 0 spiro atoms. The Morgan fingerprint density at radius 3 is 2.49 bits per heavy atom. The molecule has 3 heterocycles. The number of fused-ring (bicyclic) bond motifs is 1. The maximum atomic E-state index is 14.8. The van der Waals surface area contributed by atoms with Crippen LogP contribution in [0.25, 0.3) is 22.4 Å². The van der Waals surface area contributed by atoms with Crippen molar-refractivity contribution in [1.82, 2.24) is 23.9 Å². The molecule has 0 bridgehead atoms. The molecule has 0 saturated carbocycles. The van der Waals surface area contributed by atoms with Crippen LogP contribution < -0.4 is 0 Å². The summed E-state index contributed by atoms with van der Waals surface area (Å²) in [6.45, 7) is 7.75. The van der Waals surface area contributed by atoms with E-state index in [1.165, 1.54) is 38.0 Å². The number of rotatable bonds is 7. The number of hydrogen-bond acceptors (Lipinski definition) is 8. The molecule has 1 atom stereocenters. The largest absolute Gasteiger partial charge is 0.469 e. The molecule has 1 aromatic carbocycles. The smallest absolute Gasteiger partial charge is 0.305 e. The lowest BCUT2D eigenvalue weighted by molar-refractivity contribution is -0.142. The van der Waals surface area contributed by atoms with Crippen molar-refractivity contribution >= 4 is 27.0 Å². The normalized spacial score (nSPS) is 13.0. The minimum atomic E-state index is -4.00. The van der Waals surface area contributed by atoms with E-state index in [0.717, 1.165) is 15.7 Å². The molecule has 0 saturated heterocycles. The molecule has 0 aliphatic carbocycles. The van der Waals surface area contributed by atoms with Crippen molar-refractivity contribution in [2.45, 2.75) is 45.4 Å². The van der Waals surface area contributed by atoms with Crippen molar-refractivity contribution in [3.63, 3.8) is 0 Å². The van der Waals surface area contributed by atoms with Gasteiger partial charge in [-0.15, -0.1) is 0 Å². The summed E-state index contributed by atoms with van der Waals surface area (Å²) in [5.74, 6) is -1.14. The first-order valence-corrected chi connectivity index (χ1v) is 13.1. The van der Waals surface area contributed by atoms with E-state index >= 15 is 0 Å². The Hall–Kier alpha value is -3.73. The molecule has 194 valence electrons. The zero-order valence-electron chi connectivity index (χ0n) is 21.3. The van der Waals surface area contributed by atoms with Gasteiger partial charge in [-0.2, -0.15) is 0 Å². The van der Waals surface area contributed by atoms with Crippen molar-refractivity contribution in [1.29, 1.82) is 0 Å². The van der Waals surface area contributed by atoms with E-state index in [4.69, 9.17) is 4.74 Å². The molecule has 9 nitrogen and oxygen atoms in total. The van der Waals surface area contributed by atoms with Gasteiger partial charge in [0, 0.05) is 29.8 Å². The van der Waals surface area contributed by atoms with Gasteiger partial charge in [0.15, 0.2) is 17.3 Å². The molecular formula is C26H28FN5O4S. The lowest BCUT2D eigenvalue weighted by Gasteiger charge is -2.29. The number of benzene rings is 1. The fraction of sp³-hybridized carbons (Fsp3) is 0.346. The number of esters is 1. The highest BCUT2D eigenvalue weighted by Gasteiger charge is 2.30. The van der Waals surface area contributed by atoms with Gasteiger partial charge in [0.25, 0.3) is 10.0 Å². The number of nitrogens with zero attached hydrogens (tertiary/aromatic N) is 5. The summed E-state index contributed by atoms with van der Waals surface area (Å²) < 4.78 is 47.7. The van der Waals surface area contributed by atoms with Crippen LogP contribution >= 0.6 is 0 Å². The van der Waals surface area contributed by atoms with Crippen molar-refractivity contribution in [2.24, 2.45) is 11.3 Å². The highest BCUT2D eigenvalue weighted by molar-refractivity contribution is 7.90. The second-order valence-electron chi connectivity index (χ2n) is 9.95. The molecule has 4 aromatic rings. The Balaban J connectivity index is 1.81. The van der Waals surface area contributed by atoms with Crippen LogP contribution in [0.3, 0.4) is 0 Å². The molecular weight excluding hydrogens is 497 g/mol. The number of hydrogen-bond donors (Lipinski definition) is 0. The zero-order valence-corrected chi connectivity index (χ0v) is 22.1. The summed E-state index contributed by atoms with van der Waals surface area (Å²) in [5, 5.41) is 0.401. The maximum absolute atomic E-state index is 14.8. The molecule has 0 fully saturated rings. The van der Waals surface area contributed by atoms with Gasteiger partial charge in [0.2, 0.25) is 0 Å². The second-order valence-corrected chi connectivity index (χ2v) is 11.8. The van der Waals surface area contributed by atoms with Gasteiger partial charge in [0.05, 0.1) is 23.9 Å². The third kappa shape index (κ3) is 5.36. The highest BCUT2D eigenvalue weighted by Crippen LogP contribution is 2.34. The number of carbonyl (C=O) groups is 1. The van der Waals surface area contributed by atoms with Crippen molar-refractivity contribution in [3.05, 3.63) is 66.3 Å². The summed E-state index contributed by atoms with van der Waals surface area (Å²) in [6, 6.07) is 6.48. The van der Waals surface area contributed by atoms with Crippen LogP contribution in [0, 0.1) is 24.1 Å². The second kappa shape index (κ2) is 9.97. The van der Waals surface area contributed by atoms with Gasteiger partial charge in [-0.3, -0.25) is 4.79 Å². The molecule has 0 aliphatic rings. The Morgan fingerprint density at radius 1 is 1.14 bits per heavy atom. The number of halogens is 1. The fourth-order valence-electron chi connectivity index (χ4n) is 4.00. The molecule has 3 aromatic heterocycles. The maximum Gasteiger partial charge on any atom is 0.305 e. The minimum Gasteiger partial charge on any atom is -0.469 e. The van der Waals surface area contributed by atoms with Crippen molar-refractivity contribution < 1.29 is 22.3 Å². The van der Waals surface area contributed by atoms with Crippen LogP contribution in [-0.4, -0.2) is 45.4 Å². The van der Waals surface area contributed by atoms with Crippen LogP contribution in [0.4, 0.5) is 4.39 Å². The van der Waals surface area contributed by atoms with Crippen LogP contribution in [0.5, 0.6) is 0 Å². The Morgan fingerprint density at radius 2 is 1.84 bits per heavy atom. The first-order valence-electron chi connectivity index (χ1n) is 11.6. The van der Waals surface area contributed by atoms with Gasteiger partial charge in [-0.1, -0.05) is 38.5 Å². The number of carbonyl (C=O) groups excluding carboxylic acids is 1. The van der Waals surface area contributed by atoms with Gasteiger partial charge in [-0.05, 0) is 36.8 Å². The Bertz CT molecular complexity index is 1560. The van der Waals surface area contributed by atoms with Crippen molar-refractivity contribution in [2.75, 3.05) is 7.11 Å². The minimum absolute atomic E-state index is 0.0942. The molecule has 1 unspecified atom stereocenters. The van der Waals surface area contributed by atoms with Crippen LogP contribution in [0.2, 0.25) is 0 Å². The van der Waals surface area contributed by atoms with Gasteiger partial charge >= 0.3 is 5.97 Å². The van der Waals surface area contributed by atoms with Gasteiger partial charge < -0.3 is 4.74 Å². The lowest BCUT2D eigenvalue weighted by Crippen LogP contribution is -2.27. The lowest BCUT2D eigenvalue weighted by atomic mass is 9.76. The van der Waals surface area contributed by atoms with E-state index in [2.05, 4.69) is 19.9 Å². The predicted octanol–water partition coefficient (Wildman–Crippen LogP) is 4.34. The molecule has 0 radical (unpaired) electrons. The van der Waals surface area contributed by atoms with E-state index in [9.17, 15) is 17.6 Å². The molecule has 4 rings (SSSR count). The third-order valence-electron chi connectivity index (χ3n) is 6.38. The third-order valence-corrected chi connectivity index (χ3v) is 8.04. The SMILES string of the molecule is COC(=O)CC(Cc1nc(-c2cn(S(=O)(=O)c3ccc(C)cc3)c3ncncc23)ncc1F)C(C)(C)C. The molecule has 11 heteroatoms. The number of aromatic nitrogens is 5. The van der Waals surface area contributed by atoms with E-state index in [-0.39, 0.29) is 46.2 Å². The standard InChI is InChI=1S/C26H28FN5O4S/c1-16-6-8-18(9-7-16)37(34,35)32-14-20(19-12-28-15-30-25(19)32)24-29-13-21(27)22(31-24)10-17(26(2,3)4)11-23(33)36-5/h6-9,12-15,17H,10-11H2,1-5H3. The summed E-state index contributed by atoms with van der Waals surface area (Å²) in [4.78, 5) is 28.9. The average molecular weight is 526 g/mol. The van der Waals surface area contributed by atoms with Gasteiger partial charge in [0.1, 0.15) is 6.33 Å². The number of ether oxygens (including phenoxy) is 1. The van der Waals surface area contributed by atoms with Crippen LogP contribution in [-0.2, 0) is 26.0 Å². The van der Waals surface area contributed by atoms with Crippen LogP contribution in [0.15, 0.2) is 54.1 Å². The fourth-order valence-corrected chi connectivity index (χ4v) is 5.32. The zero-order chi connectivity index (χ0) is 27.0. The average Bonchev–Trinajstić information content (AvgIpc) is 3.25. The molecule has 0 N–H and O–H groups in total. The number of aryl methyl sites for hydroxylation is 1. The van der Waals surface area contributed by atoms with E-state index in [1.54, 1.807) is 12.1 Å². The first-order chi connectivity index (χ1) is 17.4. The Labute approximate surface area is 214 Å². The number of methoxy groups -OCH3 is 1. The van der Waals surface area contributed by atoms with Gasteiger partial charge in [-0.25, -0.2) is 36.7 Å². The van der Waals surface area contributed by atoms with Crippen molar-refractivity contribution in [3.8, 4) is 11.4 Å². The van der Waals surface area contributed by atoms with E-state index in [0.29, 0.717) is 10.9 Å². The summed E-state index contributed by atoms with van der Waals surface area (Å²) >= 11 is 0. The summed E-state index contributed by atoms with van der Waals surface area (Å²) in [7, 11) is -2.68. The quantitative estimate of drug-likeness (QED) is 0.327. The Kier molecular flexibility index (Phi) is 7.09. The summed E-state index contributed by atoms with van der Waals surface area (Å²) in [5.41, 5.74) is 1.20. The van der Waals surface area contributed by atoms with E-state index in [1.807, 2.05) is 27.7 Å². The monoisotopic (exact) mass is 525 g/mol. The highest BCUT2D eigenvalue weighted by atomic mass is 32.2. The molecule has 0 aliphatic heterocycles. The topological polar surface area (TPSA) is 117 Å². The predicted molar refractivity (Wildman–Crippen MR) is 136 cm³/mol. The summed E-state index contributed by atoms with van der Waals surface area (Å²) in [6.07, 6.45) is 5.42. The molecule has 0 amide bonds. The van der Waals surface area contributed by atoms with E-state index < -0.39 is 21.8 Å². The molecule has 37 heavy (non-hydrogen) atoms. The van der Waals surface area contributed by atoms with Crippen LogP contribution in [0.1, 0.15) is 38.4 Å².